The van der Waals surface area contributed by atoms with Crippen LogP contribution in [0.4, 0.5) is 0 Å². The van der Waals surface area contributed by atoms with Gasteiger partial charge in [-0.05, 0) is 41.8 Å². The highest BCUT2D eigenvalue weighted by molar-refractivity contribution is 6.35. The minimum Gasteiger partial charge on any atom is -0.473 e. The predicted octanol–water partition coefficient (Wildman–Crippen LogP) is 3.93. The van der Waals surface area contributed by atoms with Gasteiger partial charge in [-0.15, -0.1) is 10.6 Å². The van der Waals surface area contributed by atoms with Crippen molar-refractivity contribution >= 4 is 34.6 Å². The summed E-state index contributed by atoms with van der Waals surface area (Å²) in [5, 5.41) is 5.26. The highest BCUT2D eigenvalue weighted by atomic mass is 35.5. The molecule has 2 aromatic heterocycles. The summed E-state index contributed by atoms with van der Waals surface area (Å²) in [5.41, 5.74) is 13.2. The smallest absolute Gasteiger partial charge is 0.214 e. The fraction of sp³-hybridized carbons (Fsp3) is 0.208. The molecule has 0 atom stereocenters. The van der Waals surface area contributed by atoms with Crippen LogP contribution in [0.1, 0.15) is 28.9 Å². The topological polar surface area (TPSA) is 86.7 Å². The third-order valence-electron chi connectivity index (χ3n) is 5.61. The fourth-order valence-electron chi connectivity index (χ4n) is 3.79. The standard InChI is InChI=1S/C24H23Cl2N7O/c25-19-6-5-18(20(26)12-19)15-34-23-3-1-2-21(28-23)17-8-10-33(11-9-17)14-16-4-7-22(27-13-16)24-29-31-32-30-24/h1-8,12-13,31-32H,9-11,14-15H2,(H,29,30). The lowest BCUT2D eigenvalue weighted by Gasteiger charge is -2.26. The number of hydrazine groups is 2. The molecule has 1 aromatic carbocycles. The molecule has 5 rings (SSSR count). The summed E-state index contributed by atoms with van der Waals surface area (Å²) in [5.74, 6) is 1.25. The van der Waals surface area contributed by atoms with E-state index < -0.39 is 0 Å². The first-order valence-electron chi connectivity index (χ1n) is 10.9. The van der Waals surface area contributed by atoms with Gasteiger partial charge in [0.15, 0.2) is 5.84 Å². The number of pyridine rings is 2. The first-order chi connectivity index (χ1) is 16.6. The Morgan fingerprint density at radius 1 is 1.06 bits per heavy atom. The number of nitrogens with zero attached hydrogens (tertiary/aromatic N) is 4. The van der Waals surface area contributed by atoms with Crippen LogP contribution in [0.25, 0.3) is 5.57 Å². The second-order valence-electron chi connectivity index (χ2n) is 7.97. The molecule has 2 aliphatic heterocycles. The van der Waals surface area contributed by atoms with Gasteiger partial charge in [0, 0.05) is 47.5 Å². The van der Waals surface area contributed by atoms with Crippen LogP contribution in [0.3, 0.4) is 0 Å². The summed E-state index contributed by atoms with van der Waals surface area (Å²) < 4.78 is 5.89. The van der Waals surface area contributed by atoms with Crippen molar-refractivity contribution in [2.24, 2.45) is 5.10 Å². The zero-order valence-electron chi connectivity index (χ0n) is 18.3. The van der Waals surface area contributed by atoms with Gasteiger partial charge in [-0.2, -0.15) is 0 Å². The summed E-state index contributed by atoms with van der Waals surface area (Å²) in [6, 6.07) is 15.3. The van der Waals surface area contributed by atoms with Gasteiger partial charge in [0.05, 0.1) is 5.69 Å². The maximum Gasteiger partial charge on any atom is 0.214 e. The molecule has 3 aromatic rings. The van der Waals surface area contributed by atoms with Gasteiger partial charge in [0.1, 0.15) is 12.3 Å². The van der Waals surface area contributed by atoms with Crippen LogP contribution >= 0.6 is 23.2 Å². The number of amidine groups is 1. The average molecular weight is 496 g/mol. The first-order valence-corrected chi connectivity index (χ1v) is 11.6. The second-order valence-corrected chi connectivity index (χ2v) is 8.82. The molecule has 0 saturated heterocycles. The second kappa shape index (κ2) is 10.4. The third-order valence-corrected chi connectivity index (χ3v) is 6.20. The molecule has 0 spiro atoms. The van der Waals surface area contributed by atoms with Gasteiger partial charge in [0.2, 0.25) is 5.88 Å². The number of hydrazone groups is 1. The van der Waals surface area contributed by atoms with Gasteiger partial charge in [-0.25, -0.2) is 10.5 Å². The van der Waals surface area contributed by atoms with Gasteiger partial charge >= 0.3 is 0 Å². The largest absolute Gasteiger partial charge is 0.473 e. The molecule has 0 amide bonds. The van der Waals surface area contributed by atoms with Crippen LogP contribution in [0, 0.1) is 0 Å². The third kappa shape index (κ3) is 5.48. The summed E-state index contributed by atoms with van der Waals surface area (Å²) in [6.07, 6.45) is 5.05. The van der Waals surface area contributed by atoms with Crippen molar-refractivity contribution in [3.63, 3.8) is 0 Å². The van der Waals surface area contributed by atoms with E-state index in [4.69, 9.17) is 32.9 Å². The minimum atomic E-state index is 0.336. The van der Waals surface area contributed by atoms with E-state index in [9.17, 15) is 0 Å². The summed E-state index contributed by atoms with van der Waals surface area (Å²) >= 11 is 12.2. The van der Waals surface area contributed by atoms with Crippen molar-refractivity contribution in [1.29, 1.82) is 0 Å². The van der Waals surface area contributed by atoms with Crippen LogP contribution in [0.15, 0.2) is 65.9 Å². The molecule has 8 nitrogen and oxygen atoms in total. The van der Waals surface area contributed by atoms with Crippen molar-refractivity contribution in [2.45, 2.75) is 19.6 Å². The number of aromatic nitrogens is 2. The molecule has 34 heavy (non-hydrogen) atoms. The Morgan fingerprint density at radius 3 is 2.74 bits per heavy atom. The molecular formula is C24H23Cl2N7O. The molecule has 2 aliphatic rings. The normalized spacial score (nSPS) is 15.8. The summed E-state index contributed by atoms with van der Waals surface area (Å²) in [6.45, 7) is 2.98. The Bertz CT molecular complexity index is 1230. The monoisotopic (exact) mass is 495 g/mol. The van der Waals surface area contributed by atoms with E-state index in [-0.39, 0.29) is 0 Å². The lowest BCUT2D eigenvalue weighted by atomic mass is 10.0. The molecule has 10 heteroatoms. The van der Waals surface area contributed by atoms with Crippen molar-refractivity contribution in [2.75, 3.05) is 13.1 Å². The van der Waals surface area contributed by atoms with E-state index in [0.717, 1.165) is 48.6 Å². The van der Waals surface area contributed by atoms with Crippen LogP contribution < -0.4 is 21.2 Å². The van der Waals surface area contributed by atoms with Crippen molar-refractivity contribution < 1.29 is 4.74 Å². The number of hydrogen-bond acceptors (Lipinski definition) is 8. The Morgan fingerprint density at radius 2 is 2.00 bits per heavy atom. The van der Waals surface area contributed by atoms with Gasteiger partial charge in [-0.3, -0.25) is 15.3 Å². The quantitative estimate of drug-likeness (QED) is 0.457. The van der Waals surface area contributed by atoms with Crippen LogP contribution in [0.2, 0.25) is 10.0 Å². The Labute approximate surface area is 207 Å². The van der Waals surface area contributed by atoms with Gasteiger partial charge in [0.25, 0.3) is 0 Å². The Balaban J connectivity index is 1.17. The minimum absolute atomic E-state index is 0.336. The van der Waals surface area contributed by atoms with Gasteiger partial charge < -0.3 is 4.74 Å². The molecule has 0 fully saturated rings. The maximum atomic E-state index is 6.24. The average Bonchev–Trinajstić information content (AvgIpc) is 3.40. The van der Waals surface area contributed by atoms with Gasteiger partial charge in [-0.1, -0.05) is 47.5 Å². The SMILES string of the molecule is Clc1ccc(COc2cccc(C3=CCN(Cc4ccc(C5=NNNN5)nc4)CC3)n2)c(Cl)c1. The highest BCUT2D eigenvalue weighted by Gasteiger charge is 2.16. The highest BCUT2D eigenvalue weighted by Crippen LogP contribution is 2.25. The van der Waals surface area contributed by atoms with E-state index in [0.29, 0.717) is 28.4 Å². The van der Waals surface area contributed by atoms with E-state index >= 15 is 0 Å². The molecule has 0 bridgehead atoms. The number of nitrogens with one attached hydrogen (secondary N) is 3. The number of benzene rings is 1. The maximum absolute atomic E-state index is 6.24. The zero-order chi connectivity index (χ0) is 23.3. The molecule has 0 saturated carbocycles. The molecule has 4 heterocycles. The summed E-state index contributed by atoms with van der Waals surface area (Å²) in [4.78, 5) is 11.6. The number of halogens is 2. The molecule has 0 aliphatic carbocycles. The number of ether oxygens (including phenoxy) is 1. The molecule has 174 valence electrons. The molecule has 0 unspecified atom stereocenters. The van der Waals surface area contributed by atoms with E-state index in [1.807, 2.05) is 36.5 Å². The van der Waals surface area contributed by atoms with Crippen molar-refractivity contribution in [1.82, 2.24) is 31.4 Å². The molecular weight excluding hydrogens is 473 g/mol. The van der Waals surface area contributed by atoms with E-state index in [1.54, 1.807) is 12.1 Å². The lowest BCUT2D eigenvalue weighted by molar-refractivity contribution is 0.290. The van der Waals surface area contributed by atoms with E-state index in [1.165, 1.54) is 5.57 Å². The predicted molar refractivity (Wildman–Crippen MR) is 133 cm³/mol. The van der Waals surface area contributed by atoms with Crippen molar-refractivity contribution in [3.8, 4) is 5.88 Å². The van der Waals surface area contributed by atoms with E-state index in [2.05, 4.69) is 43.6 Å². The lowest BCUT2D eigenvalue weighted by Crippen LogP contribution is -2.35. The van der Waals surface area contributed by atoms with Crippen LogP contribution in [0.5, 0.6) is 5.88 Å². The Hall–Kier alpha value is -3.17. The number of rotatable bonds is 7. The van der Waals surface area contributed by atoms with Crippen LogP contribution in [-0.4, -0.2) is 33.8 Å². The Kier molecular flexibility index (Phi) is 6.92. The number of hydrogen-bond donors (Lipinski definition) is 3. The summed E-state index contributed by atoms with van der Waals surface area (Å²) in [7, 11) is 0. The fourth-order valence-corrected chi connectivity index (χ4v) is 4.25. The molecule has 3 N–H and O–H groups in total. The zero-order valence-corrected chi connectivity index (χ0v) is 19.8. The van der Waals surface area contributed by atoms with Crippen molar-refractivity contribution in [3.05, 3.63) is 93.4 Å². The first kappa shape index (κ1) is 22.6. The van der Waals surface area contributed by atoms with Crippen LogP contribution in [-0.2, 0) is 13.2 Å². The molecule has 0 radical (unpaired) electrons.